The Balaban J connectivity index is 1.35. The number of aliphatic hydroxyl groups excluding tert-OH is 1. The molecule has 8 heteroatoms. The van der Waals surface area contributed by atoms with Crippen molar-refractivity contribution in [2.45, 2.75) is 24.5 Å². The molecule has 0 aliphatic carbocycles. The van der Waals surface area contributed by atoms with Crippen LogP contribution in [0.1, 0.15) is 24.0 Å². The number of non-ortho nitro benzene ring substituents is 1. The molecule has 184 valence electrons. The summed E-state index contributed by atoms with van der Waals surface area (Å²) in [6.45, 7) is 1.92. The van der Waals surface area contributed by atoms with Gasteiger partial charge in [-0.3, -0.25) is 10.1 Å². The molecule has 3 aromatic carbocycles. The van der Waals surface area contributed by atoms with Crippen molar-refractivity contribution >= 4 is 17.3 Å². The van der Waals surface area contributed by atoms with Gasteiger partial charge in [0.05, 0.1) is 9.95 Å². The first-order valence-corrected chi connectivity index (χ1v) is 12.1. The van der Waals surface area contributed by atoms with Gasteiger partial charge >= 0.3 is 0 Å². The quantitative estimate of drug-likeness (QED) is 0.331. The van der Waals surface area contributed by atoms with Gasteiger partial charge < -0.3 is 19.8 Å². The highest BCUT2D eigenvalue weighted by molar-refractivity contribution is 6.32. The van der Waals surface area contributed by atoms with Gasteiger partial charge in [-0.2, -0.15) is 0 Å². The van der Waals surface area contributed by atoms with Crippen molar-refractivity contribution in [1.82, 2.24) is 4.90 Å². The Bertz CT molecular complexity index is 1080. The van der Waals surface area contributed by atoms with Crippen LogP contribution in [0.25, 0.3) is 0 Å². The number of likely N-dealkylation sites (tertiary alicyclic amines) is 1. The van der Waals surface area contributed by atoms with E-state index in [0.717, 1.165) is 37.1 Å². The van der Waals surface area contributed by atoms with Gasteiger partial charge in [0, 0.05) is 18.7 Å². The minimum absolute atomic E-state index is 0.0232. The lowest BCUT2D eigenvalue weighted by Crippen LogP contribution is -2.46. The van der Waals surface area contributed by atoms with Crippen LogP contribution in [0.4, 0.5) is 5.69 Å². The molecule has 1 aliphatic heterocycles. The maximum atomic E-state index is 12.0. The van der Waals surface area contributed by atoms with Crippen molar-refractivity contribution in [3.05, 3.63) is 105 Å². The Morgan fingerprint density at radius 1 is 1.03 bits per heavy atom. The summed E-state index contributed by atoms with van der Waals surface area (Å²) in [7, 11) is 0. The average Bonchev–Trinajstić information content (AvgIpc) is 2.89. The third kappa shape index (κ3) is 5.82. The van der Waals surface area contributed by atoms with Crippen molar-refractivity contribution in [3.63, 3.8) is 0 Å². The fourth-order valence-corrected chi connectivity index (χ4v) is 5.04. The normalized spacial score (nSPS) is 16.1. The largest absolute Gasteiger partial charge is 0.489 e. The number of rotatable bonds is 9. The van der Waals surface area contributed by atoms with Gasteiger partial charge in [-0.25, -0.2) is 0 Å². The molecule has 1 aliphatic rings. The van der Waals surface area contributed by atoms with Crippen molar-refractivity contribution < 1.29 is 19.9 Å². The highest BCUT2D eigenvalue weighted by Gasteiger charge is 2.41. The number of benzene rings is 3. The number of nitro groups is 1. The van der Waals surface area contributed by atoms with Gasteiger partial charge in [-0.1, -0.05) is 72.3 Å². The summed E-state index contributed by atoms with van der Waals surface area (Å²) in [6.07, 6.45) is 0.810. The molecule has 7 nitrogen and oxygen atoms in total. The van der Waals surface area contributed by atoms with Crippen LogP contribution in [0.2, 0.25) is 5.02 Å². The van der Waals surface area contributed by atoms with Crippen molar-refractivity contribution in [3.8, 4) is 5.75 Å². The summed E-state index contributed by atoms with van der Waals surface area (Å²) in [5.74, 6) is 0.335. The van der Waals surface area contributed by atoms with E-state index in [1.54, 1.807) is 0 Å². The molecule has 0 bridgehead atoms. The maximum Gasteiger partial charge on any atom is 0.271 e. The Morgan fingerprint density at radius 2 is 1.60 bits per heavy atom. The van der Waals surface area contributed by atoms with Gasteiger partial charge in [-0.15, -0.1) is 0 Å². The molecule has 1 heterocycles. The fourth-order valence-electron chi connectivity index (χ4n) is 4.81. The van der Waals surface area contributed by atoms with E-state index in [1.165, 1.54) is 18.2 Å². The van der Waals surface area contributed by atoms with Crippen LogP contribution in [0, 0.1) is 16.0 Å². The van der Waals surface area contributed by atoms with Crippen molar-refractivity contribution in [2.24, 2.45) is 5.92 Å². The van der Waals surface area contributed by atoms with Crippen LogP contribution in [0.3, 0.4) is 0 Å². The second-order valence-electron chi connectivity index (χ2n) is 8.91. The van der Waals surface area contributed by atoms with Gasteiger partial charge in [0.2, 0.25) is 0 Å². The fraction of sp³-hybridized carbons (Fsp3) is 0.333. The molecule has 3 aromatic rings. The molecular formula is C27H29ClN2O5. The first kappa shape index (κ1) is 25.1. The van der Waals surface area contributed by atoms with E-state index in [2.05, 4.69) is 4.90 Å². The highest BCUT2D eigenvalue weighted by Crippen LogP contribution is 2.41. The van der Waals surface area contributed by atoms with Crippen LogP contribution in [-0.4, -0.2) is 52.4 Å². The SMILES string of the molecule is O=[N+]([O-])c1ccc(OC[C@@H](O)CN2CCC(C(O)(c3ccccc3)c3ccccc3)CC2)c(Cl)c1. The second kappa shape index (κ2) is 11.2. The first-order chi connectivity index (χ1) is 16.9. The van der Waals surface area contributed by atoms with Crippen LogP contribution in [-0.2, 0) is 5.60 Å². The van der Waals surface area contributed by atoms with E-state index in [1.807, 2.05) is 60.7 Å². The van der Waals surface area contributed by atoms with E-state index < -0.39 is 16.6 Å². The number of hydrogen-bond acceptors (Lipinski definition) is 6. The van der Waals surface area contributed by atoms with E-state index in [4.69, 9.17) is 16.3 Å². The van der Waals surface area contributed by atoms with E-state index >= 15 is 0 Å². The Labute approximate surface area is 209 Å². The number of nitrogens with zero attached hydrogens (tertiary/aromatic N) is 2. The number of β-amino-alcohol motifs (C(OH)–C–C–N with tert-alkyl or cyclic N) is 1. The van der Waals surface area contributed by atoms with Crippen LogP contribution < -0.4 is 4.74 Å². The molecule has 0 radical (unpaired) electrons. The second-order valence-corrected chi connectivity index (χ2v) is 9.32. The number of ether oxygens (including phenoxy) is 1. The molecule has 0 unspecified atom stereocenters. The highest BCUT2D eigenvalue weighted by atomic mass is 35.5. The topological polar surface area (TPSA) is 96.1 Å². The van der Waals surface area contributed by atoms with Gasteiger partial charge in [-0.05, 0) is 49.0 Å². The maximum absolute atomic E-state index is 12.0. The Morgan fingerprint density at radius 3 is 2.11 bits per heavy atom. The smallest absolute Gasteiger partial charge is 0.271 e. The molecule has 0 spiro atoms. The summed E-state index contributed by atoms with van der Waals surface area (Å²) in [4.78, 5) is 12.5. The molecular weight excluding hydrogens is 468 g/mol. The lowest BCUT2D eigenvalue weighted by Gasteiger charge is -2.42. The monoisotopic (exact) mass is 496 g/mol. The number of hydrogen-bond donors (Lipinski definition) is 2. The molecule has 0 amide bonds. The van der Waals surface area contributed by atoms with Crippen LogP contribution in [0.5, 0.6) is 5.75 Å². The standard InChI is InChI=1S/C27H29ClN2O5/c28-25-17-23(30(33)34)11-12-26(25)35-19-24(31)18-29-15-13-22(14-16-29)27(32,20-7-3-1-4-8-20)21-9-5-2-6-10-21/h1-12,17,22,24,31-32H,13-16,18-19H2/t24-/m0/s1. The minimum Gasteiger partial charge on any atom is -0.489 e. The van der Waals surface area contributed by atoms with E-state index in [-0.39, 0.29) is 23.2 Å². The summed E-state index contributed by atoms with van der Waals surface area (Å²) in [5.41, 5.74) is 0.580. The number of nitro benzene ring substituents is 1. The lowest BCUT2D eigenvalue weighted by molar-refractivity contribution is -0.384. The predicted octanol–water partition coefficient (Wildman–Crippen LogP) is 4.64. The lowest BCUT2D eigenvalue weighted by atomic mass is 9.72. The molecule has 1 atom stereocenters. The molecule has 1 fully saturated rings. The van der Waals surface area contributed by atoms with E-state index in [9.17, 15) is 20.3 Å². The van der Waals surface area contributed by atoms with Gasteiger partial charge in [0.15, 0.2) is 0 Å². The van der Waals surface area contributed by atoms with Gasteiger partial charge in [0.1, 0.15) is 24.1 Å². The third-order valence-electron chi connectivity index (χ3n) is 6.63. The summed E-state index contributed by atoms with van der Waals surface area (Å²) in [6, 6.07) is 23.6. The number of halogens is 1. The molecule has 4 rings (SSSR count). The molecule has 2 N–H and O–H groups in total. The van der Waals surface area contributed by atoms with Gasteiger partial charge in [0.25, 0.3) is 5.69 Å². The van der Waals surface area contributed by atoms with Crippen LogP contribution in [0.15, 0.2) is 78.9 Å². The van der Waals surface area contributed by atoms with Crippen molar-refractivity contribution in [1.29, 1.82) is 0 Å². The summed E-state index contributed by atoms with van der Waals surface area (Å²) < 4.78 is 5.59. The third-order valence-corrected chi connectivity index (χ3v) is 6.93. The first-order valence-electron chi connectivity index (χ1n) is 11.7. The average molecular weight is 497 g/mol. The minimum atomic E-state index is -1.08. The van der Waals surface area contributed by atoms with Crippen LogP contribution >= 0.6 is 11.6 Å². The predicted molar refractivity (Wildman–Crippen MR) is 135 cm³/mol. The molecule has 0 aromatic heterocycles. The zero-order valence-corrected chi connectivity index (χ0v) is 20.1. The Hall–Kier alpha value is -2.97. The number of aliphatic hydroxyl groups is 2. The molecule has 35 heavy (non-hydrogen) atoms. The Kier molecular flexibility index (Phi) is 8.03. The van der Waals surface area contributed by atoms with E-state index in [0.29, 0.717) is 12.3 Å². The summed E-state index contributed by atoms with van der Waals surface area (Å²) >= 11 is 6.06. The zero-order chi connectivity index (χ0) is 24.8. The zero-order valence-electron chi connectivity index (χ0n) is 19.3. The molecule has 0 saturated carbocycles. The molecule has 1 saturated heterocycles. The summed E-state index contributed by atoms with van der Waals surface area (Å²) in [5, 5.41) is 33.5. The van der Waals surface area contributed by atoms with Crippen molar-refractivity contribution in [2.75, 3.05) is 26.2 Å². The number of piperidine rings is 1.